The van der Waals surface area contributed by atoms with Gasteiger partial charge >= 0.3 is 0 Å². The first kappa shape index (κ1) is 17.6. The number of amides is 1. The number of nitrogens with zero attached hydrogens (tertiary/aromatic N) is 1. The standard InChI is InChI=1S/C19H20N2O2S2/c1-14-17(25-19(21-14)16-10-7-13-24-16)18(22)20-11-5-6-12-23-15-8-3-2-4-9-15/h2-4,7-10,13H,5-6,11-12H2,1H3,(H,20,22). The predicted octanol–water partition coefficient (Wildman–Crippen LogP) is 4.77. The molecule has 0 aliphatic carbocycles. The zero-order valence-electron chi connectivity index (χ0n) is 14.0. The van der Waals surface area contributed by atoms with Crippen LogP contribution < -0.4 is 10.1 Å². The van der Waals surface area contributed by atoms with Crippen LogP contribution >= 0.6 is 22.7 Å². The summed E-state index contributed by atoms with van der Waals surface area (Å²) < 4.78 is 5.64. The Bertz CT molecular complexity index is 798. The summed E-state index contributed by atoms with van der Waals surface area (Å²) in [6.45, 7) is 3.18. The van der Waals surface area contributed by atoms with Crippen molar-refractivity contribution in [1.29, 1.82) is 0 Å². The molecule has 0 saturated carbocycles. The molecule has 3 rings (SSSR count). The molecule has 25 heavy (non-hydrogen) atoms. The van der Waals surface area contributed by atoms with Gasteiger partial charge in [0.2, 0.25) is 0 Å². The molecular weight excluding hydrogens is 352 g/mol. The largest absolute Gasteiger partial charge is 0.494 e. The van der Waals surface area contributed by atoms with E-state index in [2.05, 4.69) is 10.3 Å². The van der Waals surface area contributed by atoms with Gasteiger partial charge in [-0.2, -0.15) is 0 Å². The van der Waals surface area contributed by atoms with Crippen LogP contribution in [0.2, 0.25) is 0 Å². The minimum absolute atomic E-state index is 0.0400. The van der Waals surface area contributed by atoms with Crippen molar-refractivity contribution >= 4 is 28.6 Å². The molecule has 1 N–H and O–H groups in total. The number of ether oxygens (including phenoxy) is 1. The maximum Gasteiger partial charge on any atom is 0.263 e. The van der Waals surface area contributed by atoms with Gasteiger partial charge in [0.05, 0.1) is 17.2 Å². The number of thiophene rings is 1. The van der Waals surface area contributed by atoms with Gasteiger partial charge in [-0.1, -0.05) is 24.3 Å². The lowest BCUT2D eigenvalue weighted by molar-refractivity contribution is 0.0955. The molecule has 4 nitrogen and oxygen atoms in total. The fourth-order valence-electron chi connectivity index (χ4n) is 2.33. The van der Waals surface area contributed by atoms with Gasteiger partial charge in [-0.15, -0.1) is 22.7 Å². The van der Waals surface area contributed by atoms with Gasteiger partial charge in [-0.05, 0) is 43.3 Å². The molecule has 1 aromatic carbocycles. The Morgan fingerprint density at radius 2 is 2.00 bits per heavy atom. The van der Waals surface area contributed by atoms with Crippen LogP contribution in [0.1, 0.15) is 28.2 Å². The highest BCUT2D eigenvalue weighted by Gasteiger charge is 2.16. The van der Waals surface area contributed by atoms with Gasteiger partial charge in [0.25, 0.3) is 5.91 Å². The van der Waals surface area contributed by atoms with Crippen molar-refractivity contribution < 1.29 is 9.53 Å². The highest BCUT2D eigenvalue weighted by Crippen LogP contribution is 2.30. The maximum absolute atomic E-state index is 12.3. The Balaban J connectivity index is 1.41. The molecule has 1 amide bonds. The lowest BCUT2D eigenvalue weighted by atomic mass is 10.3. The number of aromatic nitrogens is 1. The molecule has 2 aromatic heterocycles. The van der Waals surface area contributed by atoms with Crippen molar-refractivity contribution in [2.24, 2.45) is 0 Å². The number of unbranched alkanes of at least 4 members (excludes halogenated alkanes) is 1. The quantitative estimate of drug-likeness (QED) is 0.580. The molecule has 0 atom stereocenters. The molecule has 0 fully saturated rings. The van der Waals surface area contributed by atoms with Gasteiger partial charge in [0, 0.05) is 6.54 Å². The molecule has 0 radical (unpaired) electrons. The van der Waals surface area contributed by atoms with E-state index < -0.39 is 0 Å². The summed E-state index contributed by atoms with van der Waals surface area (Å²) in [6, 6.07) is 13.8. The Hall–Kier alpha value is -2.18. The summed E-state index contributed by atoms with van der Waals surface area (Å²) in [5, 5.41) is 5.90. The normalized spacial score (nSPS) is 10.6. The molecule has 0 unspecified atom stereocenters. The lowest BCUT2D eigenvalue weighted by Crippen LogP contribution is -2.24. The summed E-state index contributed by atoms with van der Waals surface area (Å²) in [5.74, 6) is 0.842. The van der Waals surface area contributed by atoms with Crippen LogP contribution in [0.25, 0.3) is 9.88 Å². The third kappa shape index (κ3) is 4.90. The summed E-state index contributed by atoms with van der Waals surface area (Å²) in [6.07, 6.45) is 1.78. The zero-order valence-corrected chi connectivity index (χ0v) is 15.7. The second-order valence-corrected chi connectivity index (χ2v) is 7.48. The fourth-order valence-corrected chi connectivity index (χ4v) is 4.11. The number of thiazole rings is 1. The number of aryl methyl sites for hydroxylation is 1. The van der Waals surface area contributed by atoms with Crippen LogP contribution in [-0.2, 0) is 0 Å². The van der Waals surface area contributed by atoms with Crippen LogP contribution in [0.15, 0.2) is 47.8 Å². The number of nitrogens with one attached hydrogen (secondary N) is 1. The Morgan fingerprint density at radius 3 is 2.76 bits per heavy atom. The minimum atomic E-state index is -0.0400. The Labute approximate surface area is 155 Å². The molecule has 0 spiro atoms. The number of benzene rings is 1. The van der Waals surface area contributed by atoms with E-state index in [0.29, 0.717) is 18.0 Å². The van der Waals surface area contributed by atoms with Crippen molar-refractivity contribution in [2.45, 2.75) is 19.8 Å². The lowest BCUT2D eigenvalue weighted by Gasteiger charge is -2.06. The van der Waals surface area contributed by atoms with Crippen molar-refractivity contribution in [3.8, 4) is 15.6 Å². The van der Waals surface area contributed by atoms with Gasteiger partial charge < -0.3 is 10.1 Å². The summed E-state index contributed by atoms with van der Waals surface area (Å²) in [4.78, 5) is 18.6. The third-order valence-electron chi connectivity index (χ3n) is 3.60. The first-order valence-electron chi connectivity index (χ1n) is 8.21. The van der Waals surface area contributed by atoms with E-state index in [1.54, 1.807) is 11.3 Å². The fraction of sp³-hybridized carbons (Fsp3) is 0.263. The average molecular weight is 373 g/mol. The number of carbonyl (C=O) groups excluding carboxylic acids is 1. The molecule has 0 saturated heterocycles. The second-order valence-electron chi connectivity index (χ2n) is 5.54. The average Bonchev–Trinajstić information content (AvgIpc) is 3.28. The van der Waals surface area contributed by atoms with Gasteiger partial charge in [-0.25, -0.2) is 4.98 Å². The van der Waals surface area contributed by atoms with Crippen molar-refractivity contribution in [1.82, 2.24) is 10.3 Å². The highest BCUT2D eigenvalue weighted by atomic mass is 32.1. The van der Waals surface area contributed by atoms with E-state index in [-0.39, 0.29) is 5.91 Å². The van der Waals surface area contributed by atoms with Crippen LogP contribution in [0, 0.1) is 6.92 Å². The topological polar surface area (TPSA) is 51.2 Å². The number of carbonyl (C=O) groups is 1. The molecule has 0 bridgehead atoms. The van der Waals surface area contributed by atoms with Gasteiger partial charge in [0.15, 0.2) is 0 Å². The smallest absolute Gasteiger partial charge is 0.263 e. The number of para-hydroxylation sites is 1. The van der Waals surface area contributed by atoms with Gasteiger partial charge in [-0.3, -0.25) is 4.79 Å². The minimum Gasteiger partial charge on any atom is -0.494 e. The van der Waals surface area contributed by atoms with Crippen LogP contribution in [0.3, 0.4) is 0 Å². The number of hydrogen-bond acceptors (Lipinski definition) is 5. The molecule has 0 aliphatic heterocycles. The molecule has 3 aromatic rings. The van der Waals surface area contributed by atoms with E-state index >= 15 is 0 Å². The molecule has 6 heteroatoms. The highest BCUT2D eigenvalue weighted by molar-refractivity contribution is 7.22. The van der Waals surface area contributed by atoms with Crippen LogP contribution in [0.4, 0.5) is 0 Å². The third-order valence-corrected chi connectivity index (χ3v) is 5.80. The molecule has 2 heterocycles. The second kappa shape index (κ2) is 8.78. The molecule has 130 valence electrons. The Morgan fingerprint density at radius 1 is 1.16 bits per heavy atom. The van der Waals surface area contributed by atoms with E-state index in [9.17, 15) is 4.79 Å². The first-order chi connectivity index (χ1) is 12.2. The Kier molecular flexibility index (Phi) is 6.19. The molecule has 0 aliphatic rings. The monoisotopic (exact) mass is 372 g/mol. The summed E-state index contributed by atoms with van der Waals surface area (Å²) in [5.41, 5.74) is 0.790. The maximum atomic E-state index is 12.3. The zero-order chi connectivity index (χ0) is 17.5. The summed E-state index contributed by atoms with van der Waals surface area (Å²) in [7, 11) is 0. The van der Waals surface area contributed by atoms with Crippen molar-refractivity contribution in [2.75, 3.05) is 13.2 Å². The number of rotatable bonds is 8. The SMILES string of the molecule is Cc1nc(-c2cccs2)sc1C(=O)NCCCCOc1ccccc1. The summed E-state index contributed by atoms with van der Waals surface area (Å²) >= 11 is 3.09. The van der Waals surface area contributed by atoms with E-state index in [4.69, 9.17) is 4.74 Å². The van der Waals surface area contributed by atoms with E-state index in [1.165, 1.54) is 11.3 Å². The van der Waals surface area contributed by atoms with Crippen LogP contribution in [-0.4, -0.2) is 24.0 Å². The van der Waals surface area contributed by atoms with E-state index in [0.717, 1.165) is 34.2 Å². The molecular formula is C19H20N2O2S2. The van der Waals surface area contributed by atoms with E-state index in [1.807, 2.05) is 54.8 Å². The number of hydrogen-bond donors (Lipinski definition) is 1. The van der Waals surface area contributed by atoms with Crippen LogP contribution in [0.5, 0.6) is 5.75 Å². The predicted molar refractivity (Wildman–Crippen MR) is 104 cm³/mol. The first-order valence-corrected chi connectivity index (χ1v) is 9.91. The van der Waals surface area contributed by atoms with Crippen molar-refractivity contribution in [3.05, 3.63) is 58.4 Å². The van der Waals surface area contributed by atoms with Crippen molar-refractivity contribution in [3.63, 3.8) is 0 Å². The van der Waals surface area contributed by atoms with Gasteiger partial charge in [0.1, 0.15) is 15.6 Å².